The fourth-order valence-corrected chi connectivity index (χ4v) is 6.06. The summed E-state index contributed by atoms with van der Waals surface area (Å²) >= 11 is 6.89. The van der Waals surface area contributed by atoms with Gasteiger partial charge in [0.1, 0.15) is 12.1 Å². The van der Waals surface area contributed by atoms with Crippen LogP contribution < -0.4 is 15.0 Å². The molecular weight excluding hydrogens is 622 g/mol. The SMILES string of the molecule is CCc1cccc(C)c1N1C(=O)CSC1=NC(=S)NCCCCc1cccc(-c2ncn(-c3ccc(OC(F)(F)F)cc3)n2)c1. The molecule has 234 valence electrons. The van der Waals surface area contributed by atoms with Crippen molar-refractivity contribution < 1.29 is 22.7 Å². The summed E-state index contributed by atoms with van der Waals surface area (Å²) in [5, 5.41) is 8.65. The number of thiocarbonyl (C=S) groups is 1. The fourth-order valence-electron chi connectivity index (χ4n) is 4.95. The van der Waals surface area contributed by atoms with E-state index in [1.807, 2.05) is 49.4 Å². The third-order valence-electron chi connectivity index (χ3n) is 7.07. The van der Waals surface area contributed by atoms with Crippen LogP contribution in [0.4, 0.5) is 18.9 Å². The van der Waals surface area contributed by atoms with Crippen molar-refractivity contribution in [3.63, 3.8) is 0 Å². The van der Waals surface area contributed by atoms with Crippen molar-refractivity contribution in [1.82, 2.24) is 20.1 Å². The van der Waals surface area contributed by atoms with Crippen LogP contribution in [0.2, 0.25) is 0 Å². The summed E-state index contributed by atoms with van der Waals surface area (Å²) in [6.45, 7) is 4.72. The van der Waals surface area contributed by atoms with Gasteiger partial charge in [-0.25, -0.2) is 9.67 Å². The summed E-state index contributed by atoms with van der Waals surface area (Å²) in [7, 11) is 0. The van der Waals surface area contributed by atoms with E-state index in [0.717, 1.165) is 53.6 Å². The zero-order valence-electron chi connectivity index (χ0n) is 24.7. The van der Waals surface area contributed by atoms with Gasteiger partial charge in [0, 0.05) is 12.1 Å². The van der Waals surface area contributed by atoms with Crippen LogP contribution in [0.3, 0.4) is 0 Å². The lowest BCUT2D eigenvalue weighted by Crippen LogP contribution is -2.32. The number of amides is 1. The van der Waals surface area contributed by atoms with Gasteiger partial charge in [0.2, 0.25) is 5.91 Å². The van der Waals surface area contributed by atoms with Crippen molar-refractivity contribution in [2.75, 3.05) is 17.2 Å². The molecule has 3 aromatic carbocycles. The number of thioether (sulfide) groups is 1. The van der Waals surface area contributed by atoms with E-state index in [1.54, 1.807) is 4.90 Å². The number of carbonyl (C=O) groups excluding carboxylic acids is 1. The molecule has 0 atom stereocenters. The van der Waals surface area contributed by atoms with Crippen molar-refractivity contribution in [3.05, 3.63) is 89.7 Å². The highest BCUT2D eigenvalue weighted by atomic mass is 32.2. The number of unbranched alkanes of at least 4 members (excludes halogenated alkanes) is 1. The molecule has 1 aliphatic heterocycles. The molecule has 1 N–H and O–H groups in total. The molecule has 0 spiro atoms. The number of anilines is 1. The second-order valence-electron chi connectivity index (χ2n) is 10.3. The predicted molar refractivity (Wildman–Crippen MR) is 175 cm³/mol. The molecule has 0 bridgehead atoms. The van der Waals surface area contributed by atoms with Crippen molar-refractivity contribution in [1.29, 1.82) is 0 Å². The van der Waals surface area contributed by atoms with E-state index in [0.29, 0.717) is 34.1 Å². The number of hydrogen-bond donors (Lipinski definition) is 1. The minimum atomic E-state index is -4.74. The largest absolute Gasteiger partial charge is 0.573 e. The number of benzene rings is 3. The van der Waals surface area contributed by atoms with Crippen molar-refractivity contribution >= 4 is 45.9 Å². The van der Waals surface area contributed by atoms with Crippen LogP contribution in [0, 0.1) is 6.92 Å². The maximum atomic E-state index is 12.8. The van der Waals surface area contributed by atoms with Crippen LogP contribution in [-0.4, -0.2) is 49.6 Å². The van der Waals surface area contributed by atoms with Crippen LogP contribution in [0.25, 0.3) is 17.1 Å². The number of aromatic nitrogens is 3. The fraction of sp³-hybridized carbons (Fsp3) is 0.281. The maximum Gasteiger partial charge on any atom is 0.573 e. The number of ether oxygens (including phenoxy) is 1. The first kappa shape index (κ1) is 32.2. The number of alkyl halides is 3. The van der Waals surface area contributed by atoms with Crippen LogP contribution in [0.15, 0.2) is 78.0 Å². The van der Waals surface area contributed by atoms with Crippen molar-refractivity contribution in [3.8, 4) is 22.8 Å². The Morgan fingerprint density at radius 3 is 2.64 bits per heavy atom. The van der Waals surface area contributed by atoms with Crippen LogP contribution in [0.1, 0.15) is 36.5 Å². The minimum absolute atomic E-state index is 0.00311. The van der Waals surface area contributed by atoms with Gasteiger partial charge in [-0.05, 0) is 91.8 Å². The van der Waals surface area contributed by atoms with Gasteiger partial charge in [0.15, 0.2) is 16.1 Å². The van der Waals surface area contributed by atoms with Gasteiger partial charge in [-0.15, -0.1) is 18.3 Å². The van der Waals surface area contributed by atoms with Crippen molar-refractivity contribution in [2.45, 2.75) is 45.9 Å². The van der Waals surface area contributed by atoms with E-state index >= 15 is 0 Å². The zero-order chi connectivity index (χ0) is 32.0. The van der Waals surface area contributed by atoms with Gasteiger partial charge in [0.05, 0.1) is 17.1 Å². The van der Waals surface area contributed by atoms with E-state index in [9.17, 15) is 18.0 Å². The summed E-state index contributed by atoms with van der Waals surface area (Å²) in [4.78, 5) is 23.4. The predicted octanol–water partition coefficient (Wildman–Crippen LogP) is 7.04. The first-order valence-electron chi connectivity index (χ1n) is 14.4. The minimum Gasteiger partial charge on any atom is -0.406 e. The Morgan fingerprint density at radius 2 is 1.89 bits per heavy atom. The number of rotatable bonds is 10. The molecule has 1 aromatic heterocycles. The van der Waals surface area contributed by atoms with E-state index in [2.05, 4.69) is 32.1 Å². The average Bonchev–Trinajstić information content (AvgIpc) is 3.64. The Bertz CT molecular complexity index is 1710. The smallest absolute Gasteiger partial charge is 0.406 e. The number of carbonyl (C=O) groups is 1. The lowest BCUT2D eigenvalue weighted by Gasteiger charge is -2.22. The first-order chi connectivity index (χ1) is 21.6. The quantitative estimate of drug-likeness (QED) is 0.145. The number of nitrogens with zero attached hydrogens (tertiary/aromatic N) is 5. The molecule has 1 fully saturated rings. The number of para-hydroxylation sites is 1. The standard InChI is InChI=1S/C32H31F3N6O2S2/c1-3-23-11-6-8-21(2)28(23)41-27(42)19-45-31(41)38-30(44)36-17-5-4-9-22-10-7-12-24(18-22)29-37-20-40(39-29)25-13-15-26(16-14-25)43-32(33,34)35/h6-8,10-16,18,20H,3-5,9,17,19H2,1-2H3,(H,36,44). The van der Waals surface area contributed by atoms with E-state index in [1.165, 1.54) is 47.0 Å². The highest BCUT2D eigenvalue weighted by Crippen LogP contribution is 2.33. The Labute approximate surface area is 268 Å². The Hall–Kier alpha value is -4.23. The molecule has 1 saturated heterocycles. The van der Waals surface area contributed by atoms with Gasteiger partial charge in [-0.3, -0.25) is 9.69 Å². The van der Waals surface area contributed by atoms with Gasteiger partial charge in [-0.1, -0.05) is 55.1 Å². The third-order valence-corrected chi connectivity index (χ3v) is 8.23. The Kier molecular flexibility index (Phi) is 10.2. The molecular formula is C32H31F3N6O2S2. The molecule has 2 heterocycles. The van der Waals surface area contributed by atoms with E-state index in [-0.39, 0.29) is 11.7 Å². The number of aliphatic imine (C=N–C) groups is 1. The molecule has 1 aliphatic rings. The highest BCUT2D eigenvalue weighted by molar-refractivity contribution is 8.15. The van der Waals surface area contributed by atoms with Gasteiger partial charge in [0.25, 0.3) is 0 Å². The van der Waals surface area contributed by atoms with Crippen molar-refractivity contribution in [2.24, 2.45) is 4.99 Å². The molecule has 13 heteroatoms. The average molecular weight is 653 g/mol. The Balaban J connectivity index is 1.12. The highest BCUT2D eigenvalue weighted by Gasteiger charge is 2.32. The van der Waals surface area contributed by atoms with Crippen LogP contribution in [0.5, 0.6) is 5.75 Å². The Morgan fingerprint density at radius 1 is 1.11 bits per heavy atom. The van der Waals surface area contributed by atoms with Gasteiger partial charge < -0.3 is 10.1 Å². The summed E-state index contributed by atoms with van der Waals surface area (Å²) in [5.74, 6) is 0.543. The second-order valence-corrected chi connectivity index (χ2v) is 11.6. The normalized spacial score (nSPS) is 14.3. The summed E-state index contributed by atoms with van der Waals surface area (Å²) in [6, 6.07) is 19.4. The van der Waals surface area contributed by atoms with Gasteiger partial charge >= 0.3 is 6.36 Å². The summed E-state index contributed by atoms with van der Waals surface area (Å²) in [5.41, 5.74) is 5.54. The number of nitrogens with one attached hydrogen (secondary N) is 1. The number of aryl methyl sites for hydroxylation is 3. The molecule has 0 radical (unpaired) electrons. The summed E-state index contributed by atoms with van der Waals surface area (Å²) in [6.07, 6.45) is 0.194. The molecule has 8 nitrogen and oxygen atoms in total. The molecule has 0 unspecified atom stereocenters. The first-order valence-corrected chi connectivity index (χ1v) is 15.8. The zero-order valence-corrected chi connectivity index (χ0v) is 26.3. The monoisotopic (exact) mass is 652 g/mol. The second kappa shape index (κ2) is 14.2. The van der Waals surface area contributed by atoms with Crippen LogP contribution >= 0.6 is 24.0 Å². The maximum absolute atomic E-state index is 12.8. The van der Waals surface area contributed by atoms with E-state index < -0.39 is 6.36 Å². The number of hydrogen-bond acceptors (Lipinski definition) is 6. The molecule has 4 aromatic rings. The topological polar surface area (TPSA) is 84.6 Å². The lowest BCUT2D eigenvalue weighted by atomic mass is 10.0. The lowest BCUT2D eigenvalue weighted by molar-refractivity contribution is -0.274. The molecule has 1 amide bonds. The molecule has 0 aliphatic carbocycles. The molecule has 45 heavy (non-hydrogen) atoms. The third kappa shape index (κ3) is 8.28. The number of halogens is 3. The summed E-state index contributed by atoms with van der Waals surface area (Å²) < 4.78 is 42.7. The van der Waals surface area contributed by atoms with Gasteiger partial charge in [-0.2, -0.15) is 4.99 Å². The van der Waals surface area contributed by atoms with E-state index in [4.69, 9.17) is 12.2 Å². The number of amidine groups is 1. The van der Waals surface area contributed by atoms with Crippen LogP contribution in [-0.2, 0) is 17.6 Å². The molecule has 0 saturated carbocycles. The molecule has 5 rings (SSSR count).